The zero-order chi connectivity index (χ0) is 17.2. The Balaban J connectivity index is 1.70. The van der Waals surface area contributed by atoms with E-state index in [1.165, 1.54) is 23.1 Å². The number of aromatic nitrogens is 2. The minimum Gasteiger partial charge on any atom is -0.383 e. The number of nitrogens with zero attached hydrogens (tertiary/aromatic N) is 3. The molecule has 1 fully saturated rings. The van der Waals surface area contributed by atoms with E-state index in [1.807, 2.05) is 11.4 Å². The van der Waals surface area contributed by atoms with Gasteiger partial charge < -0.3 is 11.1 Å². The van der Waals surface area contributed by atoms with Gasteiger partial charge in [-0.3, -0.25) is 4.79 Å². The molecule has 126 valence electrons. The maximum absolute atomic E-state index is 12.5. The molecule has 0 radical (unpaired) electrons. The van der Waals surface area contributed by atoms with Gasteiger partial charge in [0.1, 0.15) is 16.2 Å². The van der Waals surface area contributed by atoms with E-state index in [2.05, 4.69) is 21.4 Å². The molecule has 24 heavy (non-hydrogen) atoms. The molecular formula is C16H19N5OS2. The van der Waals surface area contributed by atoms with Crippen LogP contribution in [0, 0.1) is 11.3 Å². The summed E-state index contributed by atoms with van der Waals surface area (Å²) in [5, 5.41) is 15.3. The standard InChI is InChI=1S/C16H19N5OS2/c1-10(13(22)21-16(9-17)6-3-2-4-7-16)24-15-19-12(18)11-5-8-23-14(11)20-15/h5,8,10H,2-4,6-7H2,1H3,(H,21,22)(H2,18,19,20)/t10-/m1/s1. The minimum absolute atomic E-state index is 0.156. The van der Waals surface area contributed by atoms with Gasteiger partial charge in [0.05, 0.1) is 16.7 Å². The van der Waals surface area contributed by atoms with Gasteiger partial charge in [-0.25, -0.2) is 9.97 Å². The van der Waals surface area contributed by atoms with Crippen molar-refractivity contribution in [2.24, 2.45) is 0 Å². The van der Waals surface area contributed by atoms with Crippen molar-refractivity contribution in [2.45, 2.75) is 55.0 Å². The van der Waals surface area contributed by atoms with E-state index in [9.17, 15) is 10.1 Å². The Labute approximate surface area is 148 Å². The molecule has 0 aromatic carbocycles. The number of thioether (sulfide) groups is 1. The van der Waals surface area contributed by atoms with Crippen LogP contribution in [0.25, 0.3) is 10.2 Å². The molecule has 0 aliphatic heterocycles. The molecule has 6 nitrogen and oxygen atoms in total. The van der Waals surface area contributed by atoms with Crippen LogP contribution in [-0.4, -0.2) is 26.7 Å². The second-order valence-electron chi connectivity index (χ2n) is 6.03. The molecule has 0 saturated heterocycles. The number of carbonyl (C=O) groups excluding carboxylic acids is 1. The first-order chi connectivity index (χ1) is 11.5. The molecule has 1 aliphatic carbocycles. The number of thiophene rings is 1. The molecule has 3 N–H and O–H groups in total. The zero-order valence-electron chi connectivity index (χ0n) is 13.4. The first-order valence-electron chi connectivity index (χ1n) is 7.94. The summed E-state index contributed by atoms with van der Waals surface area (Å²) in [5.74, 6) is 0.272. The van der Waals surface area contributed by atoms with E-state index < -0.39 is 10.8 Å². The van der Waals surface area contributed by atoms with Crippen LogP contribution in [0.15, 0.2) is 16.6 Å². The number of anilines is 1. The number of rotatable bonds is 4. The quantitative estimate of drug-likeness (QED) is 0.640. The third kappa shape index (κ3) is 3.47. The lowest BCUT2D eigenvalue weighted by Crippen LogP contribution is -2.50. The van der Waals surface area contributed by atoms with Gasteiger partial charge in [0, 0.05) is 0 Å². The molecule has 0 spiro atoms. The fourth-order valence-corrected chi connectivity index (χ4v) is 4.49. The third-order valence-corrected chi connectivity index (χ3v) is 6.04. The average molecular weight is 361 g/mol. The molecular weight excluding hydrogens is 342 g/mol. The van der Waals surface area contributed by atoms with E-state index in [0.29, 0.717) is 11.0 Å². The van der Waals surface area contributed by atoms with Crippen LogP contribution in [0.2, 0.25) is 0 Å². The van der Waals surface area contributed by atoms with Gasteiger partial charge in [-0.05, 0) is 31.2 Å². The van der Waals surface area contributed by atoms with Crippen LogP contribution in [-0.2, 0) is 4.79 Å². The number of nitrogens with one attached hydrogen (secondary N) is 1. The lowest BCUT2D eigenvalue weighted by Gasteiger charge is -2.32. The van der Waals surface area contributed by atoms with Gasteiger partial charge in [-0.15, -0.1) is 11.3 Å². The Morgan fingerprint density at radius 3 is 2.92 bits per heavy atom. The number of nitriles is 1. The monoisotopic (exact) mass is 361 g/mol. The number of fused-ring (bicyclic) bond motifs is 1. The molecule has 8 heteroatoms. The van der Waals surface area contributed by atoms with E-state index >= 15 is 0 Å². The Morgan fingerprint density at radius 2 is 2.21 bits per heavy atom. The van der Waals surface area contributed by atoms with Crippen LogP contribution in [0.3, 0.4) is 0 Å². The van der Waals surface area contributed by atoms with Gasteiger partial charge in [0.25, 0.3) is 0 Å². The highest BCUT2D eigenvalue weighted by Crippen LogP contribution is 2.30. The van der Waals surface area contributed by atoms with Crippen LogP contribution in [0.4, 0.5) is 5.82 Å². The maximum Gasteiger partial charge on any atom is 0.234 e. The van der Waals surface area contributed by atoms with Gasteiger partial charge in [-0.1, -0.05) is 31.0 Å². The van der Waals surface area contributed by atoms with Gasteiger partial charge in [0.2, 0.25) is 5.91 Å². The summed E-state index contributed by atoms with van der Waals surface area (Å²) in [6, 6.07) is 4.19. The van der Waals surface area contributed by atoms with Gasteiger partial charge in [-0.2, -0.15) is 5.26 Å². The second-order valence-corrected chi connectivity index (χ2v) is 8.24. The van der Waals surface area contributed by atoms with Crippen molar-refractivity contribution >= 4 is 45.0 Å². The molecule has 1 atom stereocenters. The number of amides is 1. The van der Waals surface area contributed by atoms with Crippen molar-refractivity contribution in [1.82, 2.24) is 15.3 Å². The van der Waals surface area contributed by atoms with Crippen molar-refractivity contribution < 1.29 is 4.79 Å². The first kappa shape index (κ1) is 17.0. The Kier molecular flexibility index (Phi) is 4.92. The van der Waals surface area contributed by atoms with E-state index in [1.54, 1.807) is 6.92 Å². The predicted molar refractivity (Wildman–Crippen MR) is 96.7 cm³/mol. The fourth-order valence-electron chi connectivity index (χ4n) is 2.88. The lowest BCUT2D eigenvalue weighted by molar-refractivity contribution is -0.121. The maximum atomic E-state index is 12.5. The normalized spacial score (nSPS) is 18.0. The van der Waals surface area contributed by atoms with Gasteiger partial charge >= 0.3 is 0 Å². The van der Waals surface area contributed by atoms with E-state index in [4.69, 9.17) is 5.73 Å². The van der Waals surface area contributed by atoms with Gasteiger partial charge in [0.15, 0.2) is 5.16 Å². The third-order valence-electron chi connectivity index (χ3n) is 4.27. The summed E-state index contributed by atoms with van der Waals surface area (Å²) in [4.78, 5) is 22.0. The average Bonchev–Trinajstić information content (AvgIpc) is 3.04. The van der Waals surface area contributed by atoms with Crippen molar-refractivity contribution in [1.29, 1.82) is 5.26 Å². The highest BCUT2D eigenvalue weighted by molar-refractivity contribution is 8.00. The SMILES string of the molecule is C[C@@H](Sc1nc(N)c2ccsc2n1)C(=O)NC1(C#N)CCCCC1. The molecule has 3 rings (SSSR count). The number of nitrogens with two attached hydrogens (primary N) is 1. The van der Waals surface area contributed by atoms with Crippen LogP contribution in [0.5, 0.6) is 0 Å². The predicted octanol–water partition coefficient (Wildman–Crippen LogP) is 3.10. The van der Waals surface area contributed by atoms with Crippen molar-refractivity contribution in [3.63, 3.8) is 0 Å². The number of carbonyl (C=O) groups is 1. The van der Waals surface area contributed by atoms with E-state index in [-0.39, 0.29) is 5.91 Å². The highest BCUT2D eigenvalue weighted by Gasteiger charge is 2.35. The molecule has 2 aromatic heterocycles. The van der Waals surface area contributed by atoms with Crippen molar-refractivity contribution in [3.8, 4) is 6.07 Å². The number of hydrogen-bond donors (Lipinski definition) is 2. The smallest absolute Gasteiger partial charge is 0.234 e. The molecule has 0 unspecified atom stereocenters. The largest absolute Gasteiger partial charge is 0.383 e. The highest BCUT2D eigenvalue weighted by atomic mass is 32.2. The number of hydrogen-bond acceptors (Lipinski definition) is 7. The Hall–Kier alpha value is -1.85. The molecule has 0 bridgehead atoms. The summed E-state index contributed by atoms with van der Waals surface area (Å²) in [5.41, 5.74) is 5.22. The second kappa shape index (κ2) is 6.95. The van der Waals surface area contributed by atoms with E-state index in [0.717, 1.165) is 42.3 Å². The summed E-state index contributed by atoms with van der Waals surface area (Å²) < 4.78 is 0. The summed E-state index contributed by atoms with van der Waals surface area (Å²) in [6.07, 6.45) is 4.51. The number of nitrogen functional groups attached to an aromatic ring is 1. The molecule has 1 aliphatic rings. The van der Waals surface area contributed by atoms with Crippen molar-refractivity contribution in [3.05, 3.63) is 11.4 Å². The molecule has 1 amide bonds. The zero-order valence-corrected chi connectivity index (χ0v) is 15.0. The minimum atomic E-state index is -0.720. The molecule has 2 heterocycles. The summed E-state index contributed by atoms with van der Waals surface area (Å²) in [7, 11) is 0. The van der Waals surface area contributed by atoms with Crippen molar-refractivity contribution in [2.75, 3.05) is 5.73 Å². The molecule has 2 aromatic rings. The fraction of sp³-hybridized carbons (Fsp3) is 0.500. The summed E-state index contributed by atoms with van der Waals surface area (Å²) >= 11 is 2.76. The topological polar surface area (TPSA) is 105 Å². The Bertz CT molecular complexity index is 791. The lowest BCUT2D eigenvalue weighted by atomic mass is 9.83. The van der Waals surface area contributed by atoms with Crippen LogP contribution >= 0.6 is 23.1 Å². The Morgan fingerprint density at radius 1 is 1.46 bits per heavy atom. The van der Waals surface area contributed by atoms with Crippen LogP contribution in [0.1, 0.15) is 39.0 Å². The van der Waals surface area contributed by atoms with Crippen LogP contribution < -0.4 is 11.1 Å². The summed E-state index contributed by atoms with van der Waals surface area (Å²) in [6.45, 7) is 1.80. The first-order valence-corrected chi connectivity index (χ1v) is 9.69. The molecule has 1 saturated carbocycles.